The third kappa shape index (κ3) is 2.25. The molecule has 0 radical (unpaired) electrons. The van der Waals surface area contributed by atoms with Crippen LogP contribution >= 0.6 is 0 Å². The Kier molecular flexibility index (Phi) is 3.27. The Labute approximate surface area is 110 Å². The van der Waals surface area contributed by atoms with Crippen LogP contribution in [0.25, 0.3) is 0 Å². The van der Waals surface area contributed by atoms with Gasteiger partial charge < -0.3 is 0 Å². The molecule has 0 aliphatic carbocycles. The number of nitrogens with zero attached hydrogens (tertiary/aromatic N) is 1. The van der Waals surface area contributed by atoms with Gasteiger partial charge in [-0.15, -0.1) is 0 Å². The molecule has 0 N–H and O–H groups in total. The minimum Gasteiger partial charge on any atom is -0.274 e. The van der Waals surface area contributed by atoms with Gasteiger partial charge in [-0.1, -0.05) is 12.1 Å². The first-order valence-corrected chi connectivity index (χ1v) is 5.55. The van der Waals surface area contributed by atoms with Gasteiger partial charge >= 0.3 is 12.1 Å². The number of hydrogen-bond acceptors (Lipinski definition) is 2. The van der Waals surface area contributed by atoms with Gasteiger partial charge in [-0.25, -0.2) is 0 Å². The molecule has 1 aromatic rings. The molecular weight excluding hydrogens is 285 g/mol. The number of hydrogen-bond donors (Lipinski definition) is 0. The average molecular weight is 293 g/mol. The second-order valence-electron chi connectivity index (χ2n) is 4.26. The number of fused-ring (bicyclic) bond motifs is 1. The van der Waals surface area contributed by atoms with Crippen LogP contribution in [-0.2, 0) is 0 Å². The smallest absolute Gasteiger partial charge is 0.274 e. The van der Waals surface area contributed by atoms with E-state index < -0.39 is 36.9 Å². The summed E-state index contributed by atoms with van der Waals surface area (Å²) in [6.07, 6.45) is -7.35. The Morgan fingerprint density at radius 1 is 0.900 bits per heavy atom. The van der Waals surface area contributed by atoms with E-state index in [0.29, 0.717) is 4.90 Å². The van der Waals surface area contributed by atoms with Crippen LogP contribution in [0.4, 0.5) is 22.0 Å². The van der Waals surface area contributed by atoms with E-state index in [1.54, 1.807) is 0 Å². The van der Waals surface area contributed by atoms with Crippen LogP contribution in [0.15, 0.2) is 24.3 Å². The Morgan fingerprint density at radius 3 is 1.75 bits per heavy atom. The summed E-state index contributed by atoms with van der Waals surface area (Å²) in [7, 11) is 0. The predicted molar refractivity (Wildman–Crippen MR) is 57.4 cm³/mol. The fourth-order valence-corrected chi connectivity index (χ4v) is 1.84. The quantitative estimate of drug-likeness (QED) is 0.635. The van der Waals surface area contributed by atoms with E-state index in [0.717, 1.165) is 0 Å². The van der Waals surface area contributed by atoms with Crippen molar-refractivity contribution in [2.75, 3.05) is 6.54 Å². The highest BCUT2D eigenvalue weighted by molar-refractivity contribution is 6.21. The van der Waals surface area contributed by atoms with Crippen LogP contribution in [0.2, 0.25) is 0 Å². The van der Waals surface area contributed by atoms with E-state index in [1.807, 2.05) is 0 Å². The molecule has 108 valence electrons. The van der Waals surface area contributed by atoms with Gasteiger partial charge in [0.2, 0.25) is 0 Å². The van der Waals surface area contributed by atoms with Gasteiger partial charge in [-0.2, -0.15) is 22.0 Å². The number of carbonyl (C=O) groups is 2. The molecule has 0 atom stereocenters. The molecule has 2 rings (SSSR count). The van der Waals surface area contributed by atoms with Crippen molar-refractivity contribution in [2.24, 2.45) is 0 Å². The maximum atomic E-state index is 12.8. The van der Waals surface area contributed by atoms with Crippen molar-refractivity contribution in [2.45, 2.75) is 18.5 Å². The topological polar surface area (TPSA) is 37.4 Å². The molecule has 1 heterocycles. The number of amides is 2. The van der Waals surface area contributed by atoms with Gasteiger partial charge in [0.15, 0.2) is 0 Å². The number of rotatable bonds is 3. The summed E-state index contributed by atoms with van der Waals surface area (Å²) >= 11 is 0. The Bertz CT molecular complexity index is 532. The lowest BCUT2D eigenvalue weighted by Gasteiger charge is -2.22. The molecule has 2 amide bonds. The Balaban J connectivity index is 2.14. The lowest BCUT2D eigenvalue weighted by Crippen LogP contribution is -2.41. The van der Waals surface area contributed by atoms with Crippen molar-refractivity contribution in [3.8, 4) is 0 Å². The SMILES string of the molecule is O=C1c2ccccc2C(=O)N1CCC(F)(F)C(F)(F)F. The zero-order chi connectivity index (χ0) is 15.1. The number of imide groups is 1. The minimum atomic E-state index is -5.70. The molecule has 8 heteroatoms. The molecule has 0 saturated heterocycles. The number of halogens is 5. The zero-order valence-electron chi connectivity index (χ0n) is 9.88. The van der Waals surface area contributed by atoms with E-state index in [1.165, 1.54) is 24.3 Å². The fraction of sp³-hybridized carbons (Fsp3) is 0.333. The average Bonchev–Trinajstić information content (AvgIpc) is 2.59. The van der Waals surface area contributed by atoms with E-state index >= 15 is 0 Å². The van der Waals surface area contributed by atoms with Gasteiger partial charge in [0, 0.05) is 13.0 Å². The summed E-state index contributed by atoms with van der Waals surface area (Å²) in [4.78, 5) is 23.9. The summed E-state index contributed by atoms with van der Waals surface area (Å²) in [5.74, 6) is -6.66. The first-order valence-electron chi connectivity index (χ1n) is 5.55. The maximum Gasteiger partial charge on any atom is 0.453 e. The summed E-state index contributed by atoms with van der Waals surface area (Å²) < 4.78 is 61.7. The van der Waals surface area contributed by atoms with Crippen LogP contribution in [0, 0.1) is 0 Å². The first kappa shape index (κ1) is 14.4. The van der Waals surface area contributed by atoms with Gasteiger partial charge in [-0.05, 0) is 12.1 Å². The van der Waals surface area contributed by atoms with Crippen LogP contribution in [0.5, 0.6) is 0 Å². The summed E-state index contributed by atoms with van der Waals surface area (Å²) in [5, 5.41) is 0. The normalized spacial score (nSPS) is 15.8. The Hall–Kier alpha value is -1.99. The largest absolute Gasteiger partial charge is 0.453 e. The second-order valence-corrected chi connectivity index (χ2v) is 4.26. The van der Waals surface area contributed by atoms with E-state index in [9.17, 15) is 31.5 Å². The highest BCUT2D eigenvalue weighted by Gasteiger charge is 2.57. The standard InChI is InChI=1S/C12H8F5NO2/c13-11(14,12(15,16)17)5-6-18-9(19)7-3-1-2-4-8(7)10(18)20/h1-4H,5-6H2. The van der Waals surface area contributed by atoms with Gasteiger partial charge in [-0.3, -0.25) is 14.5 Å². The molecule has 0 unspecified atom stereocenters. The van der Waals surface area contributed by atoms with Crippen molar-refractivity contribution < 1.29 is 31.5 Å². The molecule has 20 heavy (non-hydrogen) atoms. The Morgan fingerprint density at radius 2 is 1.35 bits per heavy atom. The number of carbonyl (C=O) groups excluding carboxylic acids is 2. The zero-order valence-corrected chi connectivity index (χ0v) is 9.88. The summed E-state index contributed by atoms with van der Waals surface area (Å²) in [6.45, 7) is -0.987. The molecule has 1 aliphatic rings. The van der Waals surface area contributed by atoms with Crippen LogP contribution < -0.4 is 0 Å². The van der Waals surface area contributed by atoms with E-state index in [2.05, 4.69) is 0 Å². The molecule has 0 saturated carbocycles. The van der Waals surface area contributed by atoms with Crippen molar-refractivity contribution in [3.63, 3.8) is 0 Å². The van der Waals surface area contributed by atoms with Crippen LogP contribution in [0.1, 0.15) is 27.1 Å². The molecule has 3 nitrogen and oxygen atoms in total. The predicted octanol–water partition coefficient (Wildman–Crippen LogP) is 2.87. The second kappa shape index (κ2) is 4.53. The van der Waals surface area contributed by atoms with E-state index in [-0.39, 0.29) is 11.1 Å². The minimum absolute atomic E-state index is 0.00725. The highest BCUT2D eigenvalue weighted by atomic mass is 19.4. The number of benzene rings is 1. The van der Waals surface area contributed by atoms with Gasteiger partial charge in [0.1, 0.15) is 0 Å². The van der Waals surface area contributed by atoms with Crippen LogP contribution in [0.3, 0.4) is 0 Å². The lowest BCUT2D eigenvalue weighted by molar-refractivity contribution is -0.284. The lowest BCUT2D eigenvalue weighted by atomic mass is 10.1. The monoisotopic (exact) mass is 293 g/mol. The highest BCUT2D eigenvalue weighted by Crippen LogP contribution is 2.38. The molecule has 0 spiro atoms. The third-order valence-corrected chi connectivity index (χ3v) is 2.94. The van der Waals surface area contributed by atoms with Crippen LogP contribution in [-0.4, -0.2) is 35.4 Å². The van der Waals surface area contributed by atoms with Gasteiger partial charge in [0.05, 0.1) is 11.1 Å². The molecule has 1 aromatic carbocycles. The van der Waals surface area contributed by atoms with Crippen molar-refractivity contribution in [3.05, 3.63) is 35.4 Å². The molecule has 0 fully saturated rings. The summed E-state index contributed by atoms with van der Waals surface area (Å²) in [5.41, 5.74) is 0.0145. The maximum absolute atomic E-state index is 12.8. The molecular formula is C12H8F5NO2. The first-order chi connectivity index (χ1) is 9.15. The molecule has 1 aliphatic heterocycles. The third-order valence-electron chi connectivity index (χ3n) is 2.94. The summed E-state index contributed by atoms with van der Waals surface area (Å²) in [6, 6.07) is 5.57. The molecule has 0 bridgehead atoms. The van der Waals surface area contributed by atoms with Crippen molar-refractivity contribution in [1.82, 2.24) is 4.90 Å². The fourth-order valence-electron chi connectivity index (χ4n) is 1.84. The van der Waals surface area contributed by atoms with Crippen molar-refractivity contribution >= 4 is 11.8 Å². The van der Waals surface area contributed by atoms with Crippen molar-refractivity contribution in [1.29, 1.82) is 0 Å². The van der Waals surface area contributed by atoms with E-state index in [4.69, 9.17) is 0 Å². The number of alkyl halides is 5. The molecule has 0 aromatic heterocycles. The van der Waals surface area contributed by atoms with Gasteiger partial charge in [0.25, 0.3) is 11.8 Å².